The average molecular weight is 429 g/mol. The highest BCUT2D eigenvalue weighted by atomic mass is 16.4. The minimum Gasteiger partial charge on any atom is -0.481 e. The van der Waals surface area contributed by atoms with Gasteiger partial charge in [0.15, 0.2) is 5.58 Å². The quantitative estimate of drug-likeness (QED) is 0.361. The zero-order chi connectivity index (χ0) is 22.5. The molecule has 1 aromatic heterocycles. The molecule has 32 heavy (non-hydrogen) atoms. The standard InChI is InChI=1S/C25H23N3O4/c1-16-5-2-3-8-20(16)27-25-28-21-11-9-18(14-22(21)32-25)15-23(29)26-19-7-4-6-17(13-19)10-12-24(30)31/h2-9,11,13-14H,10,12,15H2,1H3,(H,26,29)(H,27,28)(H,30,31). The Morgan fingerprint density at radius 2 is 1.84 bits per heavy atom. The van der Waals surface area contributed by atoms with Crippen LogP contribution in [0, 0.1) is 6.92 Å². The molecule has 0 fully saturated rings. The minimum absolute atomic E-state index is 0.0509. The van der Waals surface area contributed by atoms with Crippen molar-refractivity contribution in [3.05, 3.63) is 83.4 Å². The molecule has 162 valence electrons. The molecule has 0 atom stereocenters. The van der Waals surface area contributed by atoms with Gasteiger partial charge in [0.05, 0.1) is 6.42 Å². The fourth-order valence-corrected chi connectivity index (χ4v) is 3.41. The summed E-state index contributed by atoms with van der Waals surface area (Å²) in [5.41, 5.74) is 5.61. The van der Waals surface area contributed by atoms with Crippen LogP contribution >= 0.6 is 0 Å². The molecule has 0 spiro atoms. The van der Waals surface area contributed by atoms with Crippen molar-refractivity contribution in [1.82, 2.24) is 4.98 Å². The van der Waals surface area contributed by atoms with Crippen LogP contribution in [0.5, 0.6) is 0 Å². The topological polar surface area (TPSA) is 104 Å². The molecular formula is C25H23N3O4. The number of fused-ring (bicyclic) bond motifs is 1. The van der Waals surface area contributed by atoms with E-state index in [1.807, 2.05) is 55.5 Å². The van der Waals surface area contributed by atoms with E-state index in [9.17, 15) is 9.59 Å². The number of oxazole rings is 1. The lowest BCUT2D eigenvalue weighted by Gasteiger charge is -2.07. The van der Waals surface area contributed by atoms with Gasteiger partial charge in [-0.25, -0.2) is 0 Å². The van der Waals surface area contributed by atoms with E-state index in [2.05, 4.69) is 15.6 Å². The van der Waals surface area contributed by atoms with Crippen LogP contribution in [0.25, 0.3) is 11.1 Å². The van der Waals surface area contributed by atoms with Crippen molar-refractivity contribution in [1.29, 1.82) is 0 Å². The summed E-state index contributed by atoms with van der Waals surface area (Å²) in [5, 5.41) is 14.9. The Hall–Kier alpha value is -4.13. The van der Waals surface area contributed by atoms with Gasteiger partial charge in [-0.05, 0) is 60.4 Å². The lowest BCUT2D eigenvalue weighted by molar-refractivity contribution is -0.137. The number of carbonyl (C=O) groups is 2. The van der Waals surface area contributed by atoms with Gasteiger partial charge in [0, 0.05) is 17.8 Å². The Balaban J connectivity index is 1.42. The fourth-order valence-electron chi connectivity index (χ4n) is 3.41. The van der Waals surface area contributed by atoms with E-state index in [0.29, 0.717) is 29.2 Å². The third-order valence-electron chi connectivity index (χ3n) is 5.04. The molecule has 1 heterocycles. The number of carboxylic acids is 1. The van der Waals surface area contributed by atoms with Crippen molar-refractivity contribution < 1.29 is 19.1 Å². The van der Waals surface area contributed by atoms with Crippen molar-refractivity contribution in [2.45, 2.75) is 26.2 Å². The number of carboxylic acid groups (broad SMARTS) is 1. The number of nitrogens with zero attached hydrogens (tertiary/aromatic N) is 1. The third kappa shape index (κ3) is 5.31. The van der Waals surface area contributed by atoms with E-state index < -0.39 is 5.97 Å². The van der Waals surface area contributed by atoms with E-state index in [1.54, 1.807) is 18.2 Å². The predicted molar refractivity (Wildman–Crippen MR) is 123 cm³/mol. The van der Waals surface area contributed by atoms with Crippen LogP contribution in [-0.4, -0.2) is 22.0 Å². The Morgan fingerprint density at radius 1 is 1.00 bits per heavy atom. The number of hydrogen-bond acceptors (Lipinski definition) is 5. The van der Waals surface area contributed by atoms with Gasteiger partial charge in [0.2, 0.25) is 5.91 Å². The van der Waals surface area contributed by atoms with Crippen molar-refractivity contribution >= 4 is 40.4 Å². The number of rotatable bonds is 8. The number of para-hydroxylation sites is 1. The van der Waals surface area contributed by atoms with Crippen molar-refractivity contribution in [3.8, 4) is 0 Å². The Morgan fingerprint density at radius 3 is 2.66 bits per heavy atom. The summed E-state index contributed by atoms with van der Waals surface area (Å²) >= 11 is 0. The van der Waals surface area contributed by atoms with Crippen molar-refractivity contribution in [3.63, 3.8) is 0 Å². The van der Waals surface area contributed by atoms with Gasteiger partial charge < -0.3 is 20.2 Å². The first kappa shape index (κ1) is 21.1. The van der Waals surface area contributed by atoms with Gasteiger partial charge >= 0.3 is 5.97 Å². The summed E-state index contributed by atoms with van der Waals surface area (Å²) < 4.78 is 5.83. The Kier molecular flexibility index (Phi) is 6.17. The maximum Gasteiger partial charge on any atom is 0.303 e. The van der Waals surface area contributed by atoms with Gasteiger partial charge in [-0.1, -0.05) is 36.4 Å². The van der Waals surface area contributed by atoms with Crippen LogP contribution in [0.15, 0.2) is 71.1 Å². The van der Waals surface area contributed by atoms with Gasteiger partial charge in [-0.3, -0.25) is 9.59 Å². The van der Waals surface area contributed by atoms with Gasteiger partial charge in [0.1, 0.15) is 5.52 Å². The molecule has 0 unspecified atom stereocenters. The second-order valence-corrected chi connectivity index (χ2v) is 7.58. The molecule has 4 rings (SSSR count). The predicted octanol–water partition coefficient (Wildman–Crippen LogP) is 5.08. The number of amides is 1. The number of carbonyl (C=O) groups excluding carboxylic acids is 1. The lowest BCUT2D eigenvalue weighted by atomic mass is 10.1. The van der Waals surface area contributed by atoms with Crippen LogP contribution in [0.3, 0.4) is 0 Å². The summed E-state index contributed by atoms with van der Waals surface area (Å²) in [6.07, 6.45) is 0.645. The lowest BCUT2D eigenvalue weighted by Crippen LogP contribution is -2.14. The summed E-state index contributed by atoms with van der Waals surface area (Å²) in [6, 6.07) is 21.0. The highest BCUT2D eigenvalue weighted by molar-refractivity contribution is 5.93. The van der Waals surface area contributed by atoms with E-state index in [4.69, 9.17) is 9.52 Å². The first-order chi connectivity index (χ1) is 15.5. The number of aromatic nitrogens is 1. The molecule has 7 nitrogen and oxygen atoms in total. The molecule has 7 heteroatoms. The maximum absolute atomic E-state index is 12.5. The Bertz CT molecular complexity index is 1280. The van der Waals surface area contributed by atoms with Crippen LogP contribution in [0.2, 0.25) is 0 Å². The first-order valence-corrected chi connectivity index (χ1v) is 10.3. The molecule has 0 bridgehead atoms. The van der Waals surface area contributed by atoms with Crippen LogP contribution in [0.1, 0.15) is 23.1 Å². The van der Waals surface area contributed by atoms with E-state index in [-0.39, 0.29) is 18.7 Å². The summed E-state index contributed by atoms with van der Waals surface area (Å²) in [5.74, 6) is -1.02. The number of benzene rings is 3. The van der Waals surface area contributed by atoms with E-state index in [0.717, 1.165) is 22.4 Å². The molecular weight excluding hydrogens is 406 g/mol. The van der Waals surface area contributed by atoms with E-state index in [1.165, 1.54) is 0 Å². The van der Waals surface area contributed by atoms with Crippen LogP contribution in [0.4, 0.5) is 17.4 Å². The second kappa shape index (κ2) is 9.34. The first-order valence-electron chi connectivity index (χ1n) is 10.3. The molecule has 0 aliphatic carbocycles. The molecule has 0 saturated heterocycles. The highest BCUT2D eigenvalue weighted by Gasteiger charge is 2.11. The Labute approximate surface area is 185 Å². The molecule has 3 N–H and O–H groups in total. The second-order valence-electron chi connectivity index (χ2n) is 7.58. The van der Waals surface area contributed by atoms with E-state index >= 15 is 0 Å². The van der Waals surface area contributed by atoms with Crippen molar-refractivity contribution in [2.24, 2.45) is 0 Å². The zero-order valence-corrected chi connectivity index (χ0v) is 17.6. The van der Waals surface area contributed by atoms with Crippen LogP contribution in [-0.2, 0) is 22.4 Å². The SMILES string of the molecule is Cc1ccccc1Nc1nc2ccc(CC(=O)Nc3cccc(CCC(=O)O)c3)cc2o1. The van der Waals surface area contributed by atoms with Crippen LogP contribution < -0.4 is 10.6 Å². The molecule has 4 aromatic rings. The maximum atomic E-state index is 12.5. The summed E-state index contributed by atoms with van der Waals surface area (Å²) in [7, 11) is 0. The average Bonchev–Trinajstić information content (AvgIpc) is 3.16. The normalized spacial score (nSPS) is 10.8. The summed E-state index contributed by atoms with van der Waals surface area (Å²) in [4.78, 5) is 27.7. The number of hydrogen-bond donors (Lipinski definition) is 3. The summed E-state index contributed by atoms with van der Waals surface area (Å²) in [6.45, 7) is 2.00. The largest absolute Gasteiger partial charge is 0.481 e. The van der Waals surface area contributed by atoms with Gasteiger partial charge in [0.25, 0.3) is 6.01 Å². The molecule has 0 saturated carbocycles. The number of aliphatic carboxylic acids is 1. The number of aryl methyl sites for hydroxylation is 2. The minimum atomic E-state index is -0.848. The van der Waals surface area contributed by atoms with Gasteiger partial charge in [-0.2, -0.15) is 4.98 Å². The third-order valence-corrected chi connectivity index (χ3v) is 5.04. The molecule has 0 radical (unpaired) electrons. The molecule has 0 aliphatic heterocycles. The number of anilines is 3. The monoisotopic (exact) mass is 429 g/mol. The van der Waals surface area contributed by atoms with Crippen molar-refractivity contribution in [2.75, 3.05) is 10.6 Å². The molecule has 0 aliphatic rings. The fraction of sp³-hybridized carbons (Fsp3) is 0.160. The zero-order valence-electron chi connectivity index (χ0n) is 17.6. The number of nitrogens with one attached hydrogen (secondary N) is 2. The molecule has 3 aromatic carbocycles. The van der Waals surface area contributed by atoms with Gasteiger partial charge in [-0.15, -0.1) is 0 Å². The highest BCUT2D eigenvalue weighted by Crippen LogP contribution is 2.25. The molecule has 1 amide bonds. The smallest absolute Gasteiger partial charge is 0.303 e.